The highest BCUT2D eigenvalue weighted by Gasteiger charge is 2.24. The number of fused-ring (bicyclic) bond motifs is 2. The number of carboxylic acids is 2. The molecule has 20 nitrogen and oxygen atoms in total. The zero-order valence-corrected chi connectivity index (χ0v) is 57.3. The van der Waals surface area contributed by atoms with Gasteiger partial charge < -0.3 is 43.2 Å². The van der Waals surface area contributed by atoms with Gasteiger partial charge in [0.1, 0.15) is 54.0 Å². The van der Waals surface area contributed by atoms with Crippen molar-refractivity contribution in [2.75, 3.05) is 13.7 Å². The molecule has 522 valence electrons. The van der Waals surface area contributed by atoms with Crippen LogP contribution in [-0.4, -0.2) is 103 Å². The van der Waals surface area contributed by atoms with Crippen molar-refractivity contribution in [3.63, 3.8) is 0 Å². The summed E-state index contributed by atoms with van der Waals surface area (Å²) in [5.41, 5.74) is 24.4. The van der Waals surface area contributed by atoms with Crippen LogP contribution >= 0.6 is 46.4 Å². The summed E-state index contributed by atoms with van der Waals surface area (Å²) in [5.74, 6) is -5.72. The first kappa shape index (κ1) is 82.6. The number of carboxylic acid groups (broad SMARTS) is 2. The number of aryl methyl sites for hydroxylation is 3. The Labute approximate surface area is 578 Å². The van der Waals surface area contributed by atoms with Crippen LogP contribution in [0.25, 0.3) is 21.8 Å². The van der Waals surface area contributed by atoms with Crippen LogP contribution in [0, 0.1) is 35.1 Å². The molecular formula is C69H79Cl4F4N9O11. The summed E-state index contributed by atoms with van der Waals surface area (Å²) in [7, 11) is 1.41. The molecule has 4 atom stereocenters. The number of nitrogens with one attached hydrogen (secondary N) is 1. The monoisotopic (exact) mass is 1430 g/mol. The fourth-order valence-corrected chi connectivity index (χ4v) is 9.46. The number of halogens is 8. The topological polar surface area (TPSA) is 338 Å². The van der Waals surface area contributed by atoms with Crippen molar-refractivity contribution in [2.24, 2.45) is 34.8 Å². The minimum atomic E-state index is -1.02. The van der Waals surface area contributed by atoms with E-state index in [0.717, 1.165) is 12.8 Å². The number of rotatable bonds is 26. The van der Waals surface area contributed by atoms with Crippen LogP contribution in [0.2, 0.25) is 20.1 Å². The molecule has 2 aromatic heterocycles. The molecule has 6 aromatic carbocycles. The second-order valence-corrected chi connectivity index (χ2v) is 23.3. The molecule has 28 heteroatoms. The van der Waals surface area contributed by atoms with Crippen molar-refractivity contribution >= 4 is 115 Å². The molecule has 0 fully saturated rings. The number of amides is 3. The van der Waals surface area contributed by atoms with Gasteiger partial charge >= 0.3 is 11.9 Å². The Morgan fingerprint density at radius 1 is 0.526 bits per heavy atom. The molecule has 0 radical (unpaired) electrons. The Bertz CT molecular complexity index is 3910. The number of para-hydroxylation sites is 2. The number of nitrogens with two attached hydrogens (primary N) is 4. The summed E-state index contributed by atoms with van der Waals surface area (Å²) in [6.45, 7) is 8.89. The zero-order chi connectivity index (χ0) is 72.6. The summed E-state index contributed by atoms with van der Waals surface area (Å²) < 4.78 is 61.5. The third kappa shape index (κ3) is 26.4. The summed E-state index contributed by atoms with van der Waals surface area (Å²) in [5, 5.41) is 28.9. The third-order valence-corrected chi connectivity index (χ3v) is 15.9. The molecule has 11 N–H and O–H groups in total. The van der Waals surface area contributed by atoms with E-state index in [0.29, 0.717) is 69.7 Å². The van der Waals surface area contributed by atoms with Crippen LogP contribution in [0.3, 0.4) is 0 Å². The van der Waals surface area contributed by atoms with Crippen LogP contribution in [-0.2, 0) is 72.4 Å². The summed E-state index contributed by atoms with van der Waals surface area (Å²) in [6.07, 6.45) is 3.69. The predicted molar refractivity (Wildman–Crippen MR) is 366 cm³/mol. The van der Waals surface area contributed by atoms with Crippen molar-refractivity contribution in [2.45, 2.75) is 124 Å². The number of benzene rings is 6. The number of primary amides is 2. The maximum absolute atomic E-state index is 14.1. The molecule has 97 heavy (non-hydrogen) atoms. The number of hydrogen-bond donors (Lipinski definition) is 7. The van der Waals surface area contributed by atoms with Crippen molar-refractivity contribution in [1.29, 1.82) is 0 Å². The first-order valence-electron chi connectivity index (χ1n) is 30.4. The predicted octanol–water partition coefficient (Wildman–Crippen LogP) is 12.3. The molecule has 0 saturated carbocycles. The molecule has 2 heterocycles. The van der Waals surface area contributed by atoms with Crippen LogP contribution in [0.5, 0.6) is 0 Å². The van der Waals surface area contributed by atoms with Gasteiger partial charge in [0.15, 0.2) is 17.2 Å². The first-order valence-corrected chi connectivity index (χ1v) is 32.0. The van der Waals surface area contributed by atoms with Crippen LogP contribution < -0.4 is 28.3 Å². The lowest BCUT2D eigenvalue weighted by atomic mass is 9.97. The lowest BCUT2D eigenvalue weighted by Gasteiger charge is -2.17. The molecule has 0 aliphatic heterocycles. The highest BCUT2D eigenvalue weighted by atomic mass is 35.5. The molecule has 0 saturated heterocycles. The Morgan fingerprint density at radius 2 is 0.897 bits per heavy atom. The van der Waals surface area contributed by atoms with Gasteiger partial charge in [0.2, 0.25) is 5.91 Å². The fraction of sp³-hybridized carbons (Fsp3) is 0.333. The number of aromatic nitrogens is 4. The van der Waals surface area contributed by atoms with Crippen molar-refractivity contribution in [3.05, 3.63) is 198 Å². The minimum absolute atomic E-state index is 0.0118. The highest BCUT2D eigenvalue weighted by Crippen LogP contribution is 2.24. The Balaban J connectivity index is 0.000000324. The summed E-state index contributed by atoms with van der Waals surface area (Å²) >= 11 is 22.5. The van der Waals surface area contributed by atoms with Gasteiger partial charge in [-0.25, -0.2) is 17.6 Å². The second kappa shape index (κ2) is 42.1. The number of carbonyl (C=O) groups excluding carboxylic acids is 6. The molecule has 0 spiro atoms. The van der Waals surface area contributed by atoms with E-state index in [1.54, 1.807) is 104 Å². The van der Waals surface area contributed by atoms with Gasteiger partial charge in [-0.05, 0) is 91.6 Å². The van der Waals surface area contributed by atoms with Gasteiger partial charge in [-0.15, -0.1) is 0 Å². The average Bonchev–Trinajstić information content (AvgIpc) is 1.66. The highest BCUT2D eigenvalue weighted by molar-refractivity contribution is 6.31. The number of Topliss-reactive ketones (excluding diaryl/α,β-unsaturated/α-hetero) is 3. The van der Waals surface area contributed by atoms with Gasteiger partial charge in [0, 0.05) is 55.2 Å². The zero-order valence-electron chi connectivity index (χ0n) is 54.2. The van der Waals surface area contributed by atoms with Crippen molar-refractivity contribution in [3.8, 4) is 0 Å². The molecule has 0 aliphatic carbocycles. The molecule has 0 unspecified atom stereocenters. The number of carbonyl (C=O) groups is 8. The summed E-state index contributed by atoms with van der Waals surface area (Å²) in [6, 6.07) is 31.4. The molecule has 0 bridgehead atoms. The molecule has 3 amide bonds. The van der Waals surface area contributed by atoms with E-state index in [-0.39, 0.29) is 106 Å². The largest absolute Gasteiger partial charge is 0.481 e. The van der Waals surface area contributed by atoms with E-state index < -0.39 is 65.0 Å². The van der Waals surface area contributed by atoms with Gasteiger partial charge in [0.25, 0.3) is 11.8 Å². The van der Waals surface area contributed by atoms with Crippen molar-refractivity contribution < 1.29 is 70.9 Å². The van der Waals surface area contributed by atoms with Crippen molar-refractivity contribution in [1.82, 2.24) is 24.9 Å². The molecule has 8 rings (SSSR count). The average molecular weight is 1430 g/mol. The number of nitrogens with zero attached hydrogens (tertiary/aromatic N) is 4. The SMILES string of the molecule is CC[C@@H](C)C(=O)CCc1cccc(Cl)c1F.CC[C@@H](C)C(=O)O.CC[C@@H](N)C(=O)CCc1cccc(Cl)c1F.COC[C@@H](NC(=O)Cn1nc(C(N)=O)c2ccccc21)C(=O)CCc1cccc(Cl)c1F.NC(=O)c1nn(CC(=O)O)c2ccccc12.NCc1cccc(Cl)c1F. The normalized spacial score (nSPS) is 11.8. The van der Waals surface area contributed by atoms with E-state index in [1.807, 2.05) is 27.7 Å². The molecule has 8 aromatic rings. The number of methoxy groups -OCH3 is 1. The van der Waals surface area contributed by atoms with Gasteiger partial charge in [-0.3, -0.25) is 47.7 Å². The number of aliphatic carboxylic acids is 2. The fourth-order valence-electron chi connectivity index (χ4n) is 8.69. The van der Waals surface area contributed by atoms with Crippen LogP contribution in [0.4, 0.5) is 17.6 Å². The lowest BCUT2D eigenvalue weighted by Crippen LogP contribution is -2.45. The van der Waals surface area contributed by atoms with Crippen LogP contribution in [0.15, 0.2) is 121 Å². The summed E-state index contributed by atoms with van der Waals surface area (Å²) in [4.78, 5) is 91.6. The van der Waals surface area contributed by atoms with Crippen LogP contribution in [0.1, 0.15) is 116 Å². The van der Waals surface area contributed by atoms with E-state index in [9.17, 15) is 55.9 Å². The second-order valence-electron chi connectivity index (χ2n) is 21.7. The molecular weight excluding hydrogens is 1350 g/mol. The Morgan fingerprint density at radius 3 is 1.24 bits per heavy atom. The number of ether oxygens (including phenoxy) is 1. The Hall–Kier alpha value is -8.62. The van der Waals surface area contributed by atoms with Gasteiger partial charge in [-0.2, -0.15) is 10.2 Å². The maximum atomic E-state index is 14.1. The number of hydrogen-bond acceptors (Lipinski definition) is 13. The lowest BCUT2D eigenvalue weighted by molar-refractivity contribution is -0.141. The van der Waals surface area contributed by atoms with E-state index in [2.05, 4.69) is 15.5 Å². The van der Waals surface area contributed by atoms with Gasteiger partial charge in [0.05, 0.1) is 49.7 Å². The van der Waals surface area contributed by atoms with E-state index >= 15 is 0 Å². The number of ketones is 3. The maximum Gasteiger partial charge on any atom is 0.325 e. The van der Waals surface area contributed by atoms with E-state index in [1.165, 1.54) is 40.7 Å². The smallest absolute Gasteiger partial charge is 0.325 e. The van der Waals surface area contributed by atoms with Gasteiger partial charge in [-0.1, -0.05) is 166 Å². The Kier molecular flexibility index (Phi) is 35.9. The molecule has 0 aliphatic rings. The quantitative estimate of drug-likeness (QED) is 0.0248. The first-order chi connectivity index (χ1) is 46.0. The minimum Gasteiger partial charge on any atom is -0.481 e. The standard InChI is InChI=1S/C22H22ClFN4O4.C13H16ClFO.C12H15ClFNO.C10H9N3O3.C7H7ClFN.C5H10O2/c1-32-12-16(18(29)10-9-13-5-4-7-15(23)20(13)24)26-19(30)11-28-17-8-3-2-6-14(17)21(27-28)22(25)31;1-3-9(2)12(16)8-7-10-5-4-6-11(14)13(10)15;1-2-10(15)11(16)7-6-8-4-3-5-9(13)12(8)14;11-10(16)9-6-3-1-2-4-7(6)13(12-9)5-8(14)15;8-6-3-1-2-5(4-10)7(6)9;1-3-4(2)5(6)7/h2-8,16H,9-12H2,1H3,(H2,25,31)(H,26,30);4-6,9H,3,7-8H2,1-2H3;3-5,10H,2,6-7,15H2,1H3;1-4H,5H2,(H2,11,16)(H,14,15);1-3H,4,10H2;4H,3H2,1-2H3,(H,6,7)/t16-;9-;10-;;;4-/m111..1/s1. The third-order valence-electron chi connectivity index (χ3n) is 14.7. The van der Waals surface area contributed by atoms with E-state index in [4.69, 9.17) is 84.3 Å².